The van der Waals surface area contributed by atoms with Crippen molar-refractivity contribution in [1.29, 1.82) is 0 Å². The van der Waals surface area contributed by atoms with Crippen molar-refractivity contribution in [2.24, 2.45) is 0 Å². The highest BCUT2D eigenvalue weighted by Crippen LogP contribution is 2.24. The van der Waals surface area contributed by atoms with Gasteiger partial charge in [0.1, 0.15) is 17.2 Å². The van der Waals surface area contributed by atoms with Crippen LogP contribution in [0.4, 0.5) is 8.78 Å². The summed E-state index contributed by atoms with van der Waals surface area (Å²) in [6, 6.07) is 11.4. The third-order valence-corrected chi connectivity index (χ3v) is 4.04. The Balaban J connectivity index is 1.88. The first-order chi connectivity index (χ1) is 12.6. The molecular formula is C19H17F2NO4. The maximum absolute atomic E-state index is 13.9. The largest absolute Gasteiger partial charge is 0.444 e. The van der Waals surface area contributed by atoms with Crippen LogP contribution in [0.2, 0.25) is 0 Å². The topological polar surface area (TPSA) is 55.8 Å². The minimum atomic E-state index is -1.29. The number of ether oxygens (including phenoxy) is 2. The molecule has 2 aromatic carbocycles. The smallest absolute Gasteiger partial charge is 0.345 e. The zero-order valence-corrected chi connectivity index (χ0v) is 13.9. The van der Waals surface area contributed by atoms with Crippen molar-refractivity contribution in [2.75, 3.05) is 26.3 Å². The van der Waals surface area contributed by atoms with Crippen molar-refractivity contribution in [1.82, 2.24) is 4.90 Å². The standard InChI is InChI=1S/C19H17F2NO4/c20-14-7-4-8-15(21)16(14)19(24)26-17(13-5-2-1-3-6-13)18(23)22-9-11-25-12-10-22/h1-8,17H,9-12H2. The van der Waals surface area contributed by atoms with E-state index in [0.717, 1.165) is 18.2 Å². The Labute approximate surface area is 149 Å². The van der Waals surface area contributed by atoms with Crippen LogP contribution in [0.1, 0.15) is 22.0 Å². The van der Waals surface area contributed by atoms with Crippen LogP contribution in [0.3, 0.4) is 0 Å². The number of rotatable bonds is 4. The number of amides is 1. The van der Waals surface area contributed by atoms with E-state index >= 15 is 0 Å². The van der Waals surface area contributed by atoms with Crippen LogP contribution >= 0.6 is 0 Å². The highest BCUT2D eigenvalue weighted by atomic mass is 19.1. The lowest BCUT2D eigenvalue weighted by Gasteiger charge is -2.30. The number of morpholine rings is 1. The molecule has 1 amide bonds. The predicted octanol–water partition coefficient (Wildman–Crippen LogP) is 2.72. The molecule has 0 saturated carbocycles. The van der Waals surface area contributed by atoms with Crippen LogP contribution in [0.15, 0.2) is 48.5 Å². The number of hydrogen-bond acceptors (Lipinski definition) is 4. The molecule has 5 nitrogen and oxygen atoms in total. The first kappa shape index (κ1) is 18.0. The molecule has 26 heavy (non-hydrogen) atoms. The van der Waals surface area contributed by atoms with Gasteiger partial charge in [-0.15, -0.1) is 0 Å². The maximum atomic E-state index is 13.9. The second-order valence-corrected chi connectivity index (χ2v) is 5.73. The molecule has 1 fully saturated rings. The fourth-order valence-corrected chi connectivity index (χ4v) is 2.70. The van der Waals surface area contributed by atoms with Gasteiger partial charge in [0.25, 0.3) is 5.91 Å². The molecule has 1 aliphatic rings. The van der Waals surface area contributed by atoms with Gasteiger partial charge in [0.05, 0.1) is 13.2 Å². The van der Waals surface area contributed by atoms with Gasteiger partial charge >= 0.3 is 5.97 Å². The van der Waals surface area contributed by atoms with E-state index in [0.29, 0.717) is 31.9 Å². The Hall–Kier alpha value is -2.80. The summed E-state index contributed by atoms with van der Waals surface area (Å²) in [6.07, 6.45) is -1.29. The molecule has 3 rings (SSSR count). The molecule has 0 N–H and O–H groups in total. The van der Waals surface area contributed by atoms with Gasteiger partial charge in [-0.1, -0.05) is 36.4 Å². The molecule has 1 atom stereocenters. The van der Waals surface area contributed by atoms with Crippen LogP contribution in [0.25, 0.3) is 0 Å². The Morgan fingerprint density at radius 2 is 1.58 bits per heavy atom. The van der Waals surface area contributed by atoms with Crippen LogP contribution in [-0.4, -0.2) is 43.1 Å². The second kappa shape index (κ2) is 8.05. The van der Waals surface area contributed by atoms with Crippen LogP contribution < -0.4 is 0 Å². The number of benzene rings is 2. The number of carbonyl (C=O) groups excluding carboxylic acids is 2. The second-order valence-electron chi connectivity index (χ2n) is 5.73. The average molecular weight is 361 g/mol. The van der Waals surface area contributed by atoms with Crippen molar-refractivity contribution in [3.63, 3.8) is 0 Å². The Bertz CT molecular complexity index is 771. The number of nitrogens with zero attached hydrogens (tertiary/aromatic N) is 1. The number of carbonyl (C=O) groups is 2. The van der Waals surface area contributed by atoms with E-state index in [9.17, 15) is 18.4 Å². The van der Waals surface area contributed by atoms with Crippen LogP contribution in [-0.2, 0) is 14.3 Å². The Kier molecular flexibility index (Phi) is 5.58. The molecule has 1 saturated heterocycles. The lowest BCUT2D eigenvalue weighted by molar-refractivity contribution is -0.145. The number of halogens is 2. The summed E-state index contributed by atoms with van der Waals surface area (Å²) in [5.74, 6) is -3.76. The van der Waals surface area contributed by atoms with Gasteiger partial charge < -0.3 is 14.4 Å². The van der Waals surface area contributed by atoms with Gasteiger partial charge in [0.2, 0.25) is 6.10 Å². The molecule has 2 aromatic rings. The van der Waals surface area contributed by atoms with Crippen LogP contribution in [0, 0.1) is 11.6 Å². The first-order valence-corrected chi connectivity index (χ1v) is 8.14. The normalized spacial score (nSPS) is 15.4. The van der Waals surface area contributed by atoms with Gasteiger partial charge in [-0.05, 0) is 12.1 Å². The molecule has 1 heterocycles. The maximum Gasteiger partial charge on any atom is 0.345 e. The highest BCUT2D eigenvalue weighted by molar-refractivity contribution is 5.93. The van der Waals surface area contributed by atoms with E-state index in [4.69, 9.17) is 9.47 Å². The summed E-state index contributed by atoms with van der Waals surface area (Å²) < 4.78 is 38.2. The molecular weight excluding hydrogens is 344 g/mol. The molecule has 7 heteroatoms. The third kappa shape index (κ3) is 3.88. The predicted molar refractivity (Wildman–Crippen MR) is 88.4 cm³/mol. The van der Waals surface area contributed by atoms with E-state index in [2.05, 4.69) is 0 Å². The van der Waals surface area contributed by atoms with E-state index in [-0.39, 0.29) is 0 Å². The van der Waals surface area contributed by atoms with Crippen molar-refractivity contribution in [2.45, 2.75) is 6.10 Å². The fraction of sp³-hybridized carbons (Fsp3) is 0.263. The fourth-order valence-electron chi connectivity index (χ4n) is 2.70. The van der Waals surface area contributed by atoms with E-state index in [1.54, 1.807) is 30.3 Å². The molecule has 1 unspecified atom stereocenters. The molecule has 0 aliphatic carbocycles. The molecule has 1 aliphatic heterocycles. The Morgan fingerprint density at radius 3 is 2.19 bits per heavy atom. The van der Waals surface area contributed by atoms with Crippen molar-refractivity contribution < 1.29 is 27.8 Å². The summed E-state index contributed by atoms with van der Waals surface area (Å²) in [5.41, 5.74) is -0.391. The van der Waals surface area contributed by atoms with Gasteiger partial charge in [0.15, 0.2) is 0 Å². The van der Waals surface area contributed by atoms with E-state index in [1.807, 2.05) is 0 Å². The number of hydrogen-bond donors (Lipinski definition) is 0. The van der Waals surface area contributed by atoms with Crippen LogP contribution in [0.5, 0.6) is 0 Å². The average Bonchev–Trinajstić information content (AvgIpc) is 2.67. The molecule has 0 spiro atoms. The summed E-state index contributed by atoms with van der Waals surface area (Å²) in [7, 11) is 0. The zero-order valence-electron chi connectivity index (χ0n) is 13.9. The molecule has 0 radical (unpaired) electrons. The monoisotopic (exact) mass is 361 g/mol. The number of esters is 1. The van der Waals surface area contributed by atoms with Crippen molar-refractivity contribution >= 4 is 11.9 Å². The molecule has 0 aromatic heterocycles. The minimum absolute atomic E-state index is 0.355. The summed E-state index contributed by atoms with van der Waals surface area (Å²) in [6.45, 7) is 1.47. The van der Waals surface area contributed by atoms with E-state index in [1.165, 1.54) is 4.90 Å². The molecule has 0 bridgehead atoms. The summed E-state index contributed by atoms with van der Waals surface area (Å²) in [4.78, 5) is 26.7. The van der Waals surface area contributed by atoms with Crippen molar-refractivity contribution in [3.8, 4) is 0 Å². The van der Waals surface area contributed by atoms with Gasteiger partial charge in [-0.25, -0.2) is 13.6 Å². The Morgan fingerprint density at radius 1 is 0.962 bits per heavy atom. The minimum Gasteiger partial charge on any atom is -0.444 e. The van der Waals surface area contributed by atoms with Gasteiger partial charge in [-0.3, -0.25) is 4.79 Å². The van der Waals surface area contributed by atoms with Gasteiger partial charge in [-0.2, -0.15) is 0 Å². The quantitative estimate of drug-likeness (QED) is 0.786. The first-order valence-electron chi connectivity index (χ1n) is 8.14. The summed E-state index contributed by atoms with van der Waals surface area (Å²) in [5, 5.41) is 0. The van der Waals surface area contributed by atoms with Gasteiger partial charge in [0, 0.05) is 18.7 Å². The third-order valence-electron chi connectivity index (χ3n) is 4.04. The van der Waals surface area contributed by atoms with Crippen molar-refractivity contribution in [3.05, 3.63) is 71.3 Å². The lowest BCUT2D eigenvalue weighted by Crippen LogP contribution is -2.44. The zero-order chi connectivity index (χ0) is 18.5. The SMILES string of the molecule is O=C(OC(C(=O)N1CCOCC1)c1ccccc1)c1c(F)cccc1F. The lowest BCUT2D eigenvalue weighted by atomic mass is 10.1. The summed E-state index contributed by atoms with van der Waals surface area (Å²) >= 11 is 0. The van der Waals surface area contributed by atoms with E-state index < -0.39 is 35.2 Å². The molecule has 136 valence electrons. The highest BCUT2D eigenvalue weighted by Gasteiger charge is 2.32.